The normalized spacial score (nSPS) is 11.4. The summed E-state index contributed by atoms with van der Waals surface area (Å²) in [5.41, 5.74) is 0.608. The van der Waals surface area contributed by atoms with Crippen molar-refractivity contribution in [1.29, 1.82) is 0 Å². The number of phenolic OH excluding ortho intramolecular Hbond substituents is 1. The molecule has 0 atom stereocenters. The van der Waals surface area contributed by atoms with Crippen LogP contribution >= 0.6 is 0 Å². The van der Waals surface area contributed by atoms with Crippen molar-refractivity contribution in [3.05, 3.63) is 64.8 Å². The smallest absolute Gasteiger partial charge is 0.201 e. The summed E-state index contributed by atoms with van der Waals surface area (Å²) in [7, 11) is 0. The van der Waals surface area contributed by atoms with E-state index in [-0.39, 0.29) is 16.8 Å². The Morgan fingerprint density at radius 1 is 0.850 bits per heavy atom. The summed E-state index contributed by atoms with van der Waals surface area (Å²) >= 11 is 0. The van der Waals surface area contributed by atoms with Crippen molar-refractivity contribution >= 4 is 32.7 Å². The van der Waals surface area contributed by atoms with Gasteiger partial charge in [0.05, 0.1) is 10.8 Å². The van der Waals surface area contributed by atoms with E-state index in [1.165, 1.54) is 6.07 Å². The summed E-state index contributed by atoms with van der Waals surface area (Å²) in [6.45, 7) is 0. The molecular weight excluding hydrogens is 252 g/mol. The van der Waals surface area contributed by atoms with E-state index in [9.17, 15) is 9.90 Å². The predicted molar refractivity (Wildman–Crippen MR) is 79.2 cm³/mol. The van der Waals surface area contributed by atoms with Crippen molar-refractivity contribution in [2.75, 3.05) is 0 Å². The zero-order valence-electron chi connectivity index (χ0n) is 10.5. The Hall–Kier alpha value is -2.81. The first-order chi connectivity index (χ1) is 9.75. The summed E-state index contributed by atoms with van der Waals surface area (Å²) in [5, 5.41) is 12.6. The Kier molecular flexibility index (Phi) is 2.12. The number of rotatable bonds is 0. The molecule has 0 spiro atoms. The lowest BCUT2D eigenvalue weighted by atomic mass is 10.0. The second-order valence-corrected chi connectivity index (χ2v) is 4.74. The van der Waals surface area contributed by atoms with Gasteiger partial charge in [0.1, 0.15) is 5.58 Å². The van der Waals surface area contributed by atoms with Crippen molar-refractivity contribution in [2.45, 2.75) is 0 Å². The Balaban J connectivity index is 2.37. The van der Waals surface area contributed by atoms with Gasteiger partial charge >= 0.3 is 0 Å². The molecule has 0 aliphatic heterocycles. The van der Waals surface area contributed by atoms with Gasteiger partial charge in [-0.05, 0) is 29.0 Å². The highest BCUT2D eigenvalue weighted by atomic mass is 16.4. The van der Waals surface area contributed by atoms with Crippen molar-refractivity contribution in [2.24, 2.45) is 0 Å². The van der Waals surface area contributed by atoms with Gasteiger partial charge in [-0.1, -0.05) is 36.4 Å². The van der Waals surface area contributed by atoms with E-state index in [4.69, 9.17) is 4.42 Å². The van der Waals surface area contributed by atoms with E-state index in [0.717, 1.165) is 10.8 Å². The number of aromatic hydroxyl groups is 1. The van der Waals surface area contributed by atoms with Crippen LogP contribution in [0.5, 0.6) is 5.75 Å². The van der Waals surface area contributed by atoms with Gasteiger partial charge in [0.25, 0.3) is 0 Å². The fourth-order valence-corrected chi connectivity index (χ4v) is 2.63. The zero-order chi connectivity index (χ0) is 13.7. The van der Waals surface area contributed by atoms with E-state index in [1.54, 1.807) is 18.2 Å². The third kappa shape index (κ3) is 1.37. The zero-order valence-corrected chi connectivity index (χ0v) is 10.5. The molecule has 0 aliphatic carbocycles. The van der Waals surface area contributed by atoms with Crippen LogP contribution in [0.15, 0.2) is 63.8 Å². The number of benzene rings is 3. The minimum atomic E-state index is -0.117. The van der Waals surface area contributed by atoms with E-state index < -0.39 is 0 Å². The number of hydrogen-bond acceptors (Lipinski definition) is 3. The molecule has 96 valence electrons. The molecule has 3 heteroatoms. The largest absolute Gasteiger partial charge is 0.504 e. The Bertz CT molecular complexity index is 1030. The molecule has 3 nitrogen and oxygen atoms in total. The molecule has 0 fully saturated rings. The molecule has 20 heavy (non-hydrogen) atoms. The second-order valence-electron chi connectivity index (χ2n) is 4.74. The summed E-state index contributed by atoms with van der Waals surface area (Å²) in [6, 6.07) is 16.2. The number of para-hydroxylation sites is 1. The molecule has 1 heterocycles. The average molecular weight is 262 g/mol. The van der Waals surface area contributed by atoms with Gasteiger partial charge in [-0.15, -0.1) is 0 Å². The highest BCUT2D eigenvalue weighted by Crippen LogP contribution is 2.29. The van der Waals surface area contributed by atoms with Crippen molar-refractivity contribution < 1.29 is 9.52 Å². The van der Waals surface area contributed by atoms with Gasteiger partial charge in [-0.2, -0.15) is 0 Å². The average Bonchev–Trinajstić information content (AvgIpc) is 2.48. The third-order valence-electron chi connectivity index (χ3n) is 3.57. The first-order valence-electron chi connectivity index (χ1n) is 6.32. The minimum Gasteiger partial charge on any atom is -0.504 e. The van der Waals surface area contributed by atoms with Crippen LogP contribution in [-0.4, -0.2) is 5.11 Å². The highest BCUT2D eigenvalue weighted by Gasteiger charge is 2.12. The van der Waals surface area contributed by atoms with Crippen molar-refractivity contribution in [1.82, 2.24) is 0 Å². The predicted octanol–water partition coefficient (Wildman–Crippen LogP) is 3.81. The van der Waals surface area contributed by atoms with E-state index >= 15 is 0 Å². The molecular formula is C17H10O3. The first-order valence-corrected chi connectivity index (χ1v) is 6.32. The number of hydrogen-bond donors (Lipinski definition) is 1. The molecule has 1 aromatic heterocycles. The standard InChI is InChI=1S/C17H10O3/c18-13-7-3-6-12-16(19)15-11-5-2-1-4-10(11)8-9-14(15)20-17(12)13/h1-9,18H. The molecule has 0 saturated carbocycles. The van der Waals surface area contributed by atoms with Crippen LogP contribution in [0.25, 0.3) is 32.7 Å². The van der Waals surface area contributed by atoms with Gasteiger partial charge < -0.3 is 9.52 Å². The number of phenols is 1. The van der Waals surface area contributed by atoms with E-state index in [2.05, 4.69) is 0 Å². The maximum atomic E-state index is 12.7. The van der Waals surface area contributed by atoms with Crippen LogP contribution in [0, 0.1) is 0 Å². The quantitative estimate of drug-likeness (QED) is 0.387. The SMILES string of the molecule is O=c1c2cccc(O)c2oc2ccc3ccccc3c12. The van der Waals surface area contributed by atoms with Gasteiger partial charge in [0.2, 0.25) is 5.43 Å². The van der Waals surface area contributed by atoms with Crippen LogP contribution in [0.3, 0.4) is 0 Å². The van der Waals surface area contributed by atoms with Crippen LogP contribution < -0.4 is 5.43 Å². The molecule has 4 aromatic rings. The van der Waals surface area contributed by atoms with E-state index in [0.29, 0.717) is 16.4 Å². The lowest BCUT2D eigenvalue weighted by Crippen LogP contribution is -2.02. The Labute approximate surface area is 113 Å². The molecule has 0 amide bonds. The fraction of sp³-hybridized carbons (Fsp3) is 0. The molecule has 4 rings (SSSR count). The van der Waals surface area contributed by atoms with Gasteiger partial charge in [-0.25, -0.2) is 0 Å². The third-order valence-corrected chi connectivity index (χ3v) is 3.57. The first kappa shape index (κ1) is 11.1. The lowest BCUT2D eigenvalue weighted by molar-refractivity contribution is 0.467. The Morgan fingerprint density at radius 3 is 2.55 bits per heavy atom. The van der Waals surface area contributed by atoms with Crippen molar-refractivity contribution in [3.63, 3.8) is 0 Å². The van der Waals surface area contributed by atoms with Crippen LogP contribution in [-0.2, 0) is 0 Å². The molecule has 0 radical (unpaired) electrons. The van der Waals surface area contributed by atoms with Crippen LogP contribution in [0.4, 0.5) is 0 Å². The molecule has 3 aromatic carbocycles. The molecule has 0 unspecified atom stereocenters. The second kappa shape index (κ2) is 3.84. The van der Waals surface area contributed by atoms with Crippen LogP contribution in [0.1, 0.15) is 0 Å². The lowest BCUT2D eigenvalue weighted by Gasteiger charge is -2.05. The minimum absolute atomic E-state index is 0.0188. The molecule has 0 saturated heterocycles. The molecule has 1 N–H and O–H groups in total. The monoisotopic (exact) mass is 262 g/mol. The van der Waals surface area contributed by atoms with E-state index in [1.807, 2.05) is 30.3 Å². The summed E-state index contributed by atoms with van der Waals surface area (Å²) in [6.07, 6.45) is 0. The van der Waals surface area contributed by atoms with Gasteiger partial charge in [0, 0.05) is 0 Å². The van der Waals surface area contributed by atoms with Gasteiger partial charge in [0.15, 0.2) is 11.3 Å². The maximum Gasteiger partial charge on any atom is 0.201 e. The van der Waals surface area contributed by atoms with Gasteiger partial charge in [-0.3, -0.25) is 4.79 Å². The molecule has 0 aliphatic rings. The highest BCUT2D eigenvalue weighted by molar-refractivity contribution is 6.08. The topological polar surface area (TPSA) is 50.4 Å². The van der Waals surface area contributed by atoms with Crippen molar-refractivity contribution in [3.8, 4) is 5.75 Å². The number of fused-ring (bicyclic) bond motifs is 4. The fourth-order valence-electron chi connectivity index (χ4n) is 2.63. The Morgan fingerprint density at radius 2 is 1.65 bits per heavy atom. The summed E-state index contributed by atoms with van der Waals surface area (Å²) in [5.74, 6) is -0.0188. The molecule has 0 bridgehead atoms. The van der Waals surface area contributed by atoms with Crippen LogP contribution in [0.2, 0.25) is 0 Å². The summed E-state index contributed by atoms with van der Waals surface area (Å²) < 4.78 is 5.72. The summed E-state index contributed by atoms with van der Waals surface area (Å²) in [4.78, 5) is 12.7. The maximum absolute atomic E-state index is 12.7.